The summed E-state index contributed by atoms with van der Waals surface area (Å²) in [6.45, 7) is -0.640. The molecule has 0 saturated carbocycles. The van der Waals surface area contributed by atoms with Crippen LogP contribution in [0, 0.1) is 3.57 Å². The Morgan fingerprint density at radius 2 is 1.91 bits per heavy atom. The summed E-state index contributed by atoms with van der Waals surface area (Å²) in [6.07, 6.45) is -0.650. The number of aromatic nitrogens is 4. The number of rotatable bonds is 4. The van der Waals surface area contributed by atoms with E-state index in [4.69, 9.17) is 25.4 Å². The highest BCUT2D eigenvalue weighted by Crippen LogP contribution is 2.39. The topological polar surface area (TPSA) is 215 Å². The first-order chi connectivity index (χ1) is 16.0. The van der Waals surface area contributed by atoms with E-state index in [2.05, 4.69) is 25.9 Å². The molecule has 0 amide bonds. The quantitative estimate of drug-likeness (QED) is 0.152. The number of aliphatic hydroxyl groups excluding tert-OH is 4. The number of halogens is 2. The number of hydrogen-bond acceptors (Lipinski definition) is 11. The van der Waals surface area contributed by atoms with Crippen LogP contribution in [0.15, 0.2) is 32.8 Å². The molecule has 0 aromatic carbocycles. The molecule has 34 heavy (non-hydrogen) atoms. The number of aromatic amines is 1. The van der Waals surface area contributed by atoms with Crippen molar-refractivity contribution in [1.29, 1.82) is 0 Å². The Morgan fingerprint density at radius 3 is 2.47 bits per heavy atom. The van der Waals surface area contributed by atoms with E-state index in [1.807, 2.05) is 0 Å². The van der Waals surface area contributed by atoms with E-state index in [1.54, 1.807) is 22.6 Å². The van der Waals surface area contributed by atoms with E-state index in [0.717, 1.165) is 0 Å². The smallest absolute Gasteiger partial charge is 0.352 e. The molecule has 0 radical (unpaired) electrons. The minimum atomic E-state index is -1.20. The molecule has 4 rings (SSSR count). The summed E-state index contributed by atoms with van der Waals surface area (Å²) in [4.78, 5) is 40.1. The van der Waals surface area contributed by atoms with Gasteiger partial charge in [0, 0.05) is 25.2 Å². The first-order valence-electron chi connectivity index (χ1n) is 9.95. The molecule has 4 heterocycles. The molecule has 2 aliphatic rings. The van der Waals surface area contributed by atoms with Crippen molar-refractivity contribution >= 4 is 44.3 Å². The van der Waals surface area contributed by atoms with Crippen LogP contribution in [0.5, 0.6) is 0 Å². The largest absolute Gasteiger partial charge is 0.394 e. The number of alkyl halides is 1. The Bertz CT molecular complexity index is 1190. The van der Waals surface area contributed by atoms with Crippen LogP contribution in [0.4, 0.5) is 5.82 Å². The third-order valence-corrected chi connectivity index (χ3v) is 6.87. The highest BCUT2D eigenvalue weighted by atomic mass is 127. The fourth-order valence-electron chi connectivity index (χ4n) is 3.46. The van der Waals surface area contributed by atoms with Crippen molar-refractivity contribution in [1.82, 2.24) is 19.1 Å². The summed E-state index contributed by atoms with van der Waals surface area (Å²) in [5, 5.41) is 37.2. The fourth-order valence-corrected chi connectivity index (χ4v) is 4.73. The van der Waals surface area contributed by atoms with Crippen LogP contribution in [0.2, 0.25) is 0 Å². The van der Waals surface area contributed by atoms with E-state index in [0.29, 0.717) is 3.57 Å². The highest BCUT2D eigenvalue weighted by Gasteiger charge is 2.46. The van der Waals surface area contributed by atoms with E-state index in [9.17, 15) is 24.6 Å². The summed E-state index contributed by atoms with van der Waals surface area (Å²) >= 11 is 5.04. The Hall–Kier alpha value is -1.67. The lowest BCUT2D eigenvalue weighted by atomic mass is 10.2. The van der Waals surface area contributed by atoms with Crippen LogP contribution in [0.25, 0.3) is 0 Å². The third-order valence-electron chi connectivity index (χ3n) is 5.21. The summed E-state index contributed by atoms with van der Waals surface area (Å²) < 4.78 is 12.3. The van der Waals surface area contributed by atoms with E-state index < -0.39 is 52.2 Å². The molecule has 16 heteroatoms. The molecular formula is C18H23BrIN5O9. The number of hydrogen-bond donors (Lipinski definition) is 6. The van der Waals surface area contributed by atoms with Crippen molar-refractivity contribution in [3.63, 3.8) is 0 Å². The zero-order valence-electron chi connectivity index (χ0n) is 17.5. The molecule has 2 aromatic rings. The maximum atomic E-state index is 11.7. The number of aliphatic hydroxyl groups is 4. The summed E-state index contributed by atoms with van der Waals surface area (Å²) in [5.74, 6) is 0.111. The van der Waals surface area contributed by atoms with Gasteiger partial charge in [0.1, 0.15) is 24.3 Å². The Balaban J connectivity index is 0.000000191. The second-order valence-electron chi connectivity index (χ2n) is 7.56. The Labute approximate surface area is 213 Å². The van der Waals surface area contributed by atoms with Crippen molar-refractivity contribution in [2.45, 2.75) is 48.1 Å². The average molecular weight is 660 g/mol. The monoisotopic (exact) mass is 659 g/mol. The van der Waals surface area contributed by atoms with Gasteiger partial charge in [-0.2, -0.15) is 4.98 Å². The standard InChI is InChI=1S/C9H12BrN3O4.C9H11IN2O5/c10-9(3-5(15)6(4-14)17-9)13-2-1-7(11)12-8(13)16;10-4-2-12(9(16)11-8(4)15)7-1-5(14)6(3-13)17-7/h1-2,5-6,14-15H,3-4H2,(H2,11,12,16);2,5-7,13-14H,1,3H2,(H,11,15,16)/t5-,6+,9-;5-,6+,7+/m00/s1. The van der Waals surface area contributed by atoms with Gasteiger partial charge in [-0.3, -0.25) is 18.9 Å². The van der Waals surface area contributed by atoms with Gasteiger partial charge in [-0.15, -0.1) is 0 Å². The molecular weight excluding hydrogens is 637 g/mol. The molecule has 188 valence electrons. The molecule has 0 aliphatic carbocycles. The lowest BCUT2D eigenvalue weighted by Crippen LogP contribution is -2.37. The molecule has 7 N–H and O–H groups in total. The van der Waals surface area contributed by atoms with Gasteiger partial charge < -0.3 is 35.6 Å². The van der Waals surface area contributed by atoms with Gasteiger partial charge in [0.25, 0.3) is 5.56 Å². The molecule has 0 spiro atoms. The van der Waals surface area contributed by atoms with Gasteiger partial charge in [-0.25, -0.2) is 9.59 Å². The minimum Gasteiger partial charge on any atom is -0.394 e. The van der Waals surface area contributed by atoms with Gasteiger partial charge in [0.05, 0.1) is 29.0 Å². The van der Waals surface area contributed by atoms with Gasteiger partial charge in [-0.05, 0) is 44.6 Å². The first kappa shape index (κ1) is 26.9. The van der Waals surface area contributed by atoms with Crippen LogP contribution in [0.3, 0.4) is 0 Å². The second-order valence-corrected chi connectivity index (χ2v) is 9.96. The van der Waals surface area contributed by atoms with Crippen molar-refractivity contribution < 1.29 is 29.9 Å². The van der Waals surface area contributed by atoms with Crippen LogP contribution < -0.4 is 22.7 Å². The van der Waals surface area contributed by atoms with Crippen LogP contribution in [0.1, 0.15) is 19.1 Å². The summed E-state index contributed by atoms with van der Waals surface area (Å²) in [7, 11) is 0. The van der Waals surface area contributed by atoms with Gasteiger partial charge in [0.2, 0.25) is 4.63 Å². The lowest BCUT2D eigenvalue weighted by Gasteiger charge is -2.23. The predicted molar refractivity (Wildman–Crippen MR) is 128 cm³/mol. The zero-order valence-corrected chi connectivity index (χ0v) is 21.2. The average Bonchev–Trinajstić information content (AvgIpc) is 3.29. The Morgan fingerprint density at radius 1 is 1.24 bits per heavy atom. The van der Waals surface area contributed by atoms with Crippen LogP contribution in [-0.4, -0.2) is 77.2 Å². The normalized spacial score (nSPS) is 30.7. The molecule has 0 unspecified atom stereocenters. The maximum absolute atomic E-state index is 11.7. The lowest BCUT2D eigenvalue weighted by molar-refractivity contribution is -0.0607. The second kappa shape index (κ2) is 10.9. The van der Waals surface area contributed by atoms with Crippen molar-refractivity contribution in [2.75, 3.05) is 18.9 Å². The summed E-state index contributed by atoms with van der Waals surface area (Å²) in [5.41, 5.74) is 3.74. The van der Waals surface area contributed by atoms with Gasteiger partial charge in [0.15, 0.2) is 0 Å². The highest BCUT2D eigenvalue weighted by molar-refractivity contribution is 14.1. The third kappa shape index (κ3) is 5.76. The van der Waals surface area contributed by atoms with Crippen molar-refractivity contribution in [3.8, 4) is 0 Å². The molecule has 2 aromatic heterocycles. The fraction of sp³-hybridized carbons (Fsp3) is 0.556. The first-order valence-corrected chi connectivity index (χ1v) is 11.8. The molecule has 6 atom stereocenters. The molecule has 0 bridgehead atoms. The molecule has 2 aliphatic heterocycles. The number of ether oxygens (including phenoxy) is 2. The van der Waals surface area contributed by atoms with Gasteiger partial charge >= 0.3 is 11.4 Å². The maximum Gasteiger partial charge on any atom is 0.352 e. The van der Waals surface area contributed by atoms with E-state index >= 15 is 0 Å². The number of nitrogen functional groups attached to an aromatic ring is 1. The zero-order chi connectivity index (χ0) is 25.2. The van der Waals surface area contributed by atoms with Crippen molar-refractivity contribution in [2.24, 2.45) is 0 Å². The van der Waals surface area contributed by atoms with Crippen LogP contribution >= 0.6 is 38.5 Å². The predicted octanol–water partition coefficient (Wildman–Crippen LogP) is -2.25. The number of nitrogens with one attached hydrogen (secondary N) is 1. The number of nitrogens with zero attached hydrogens (tertiary/aromatic N) is 3. The van der Waals surface area contributed by atoms with Gasteiger partial charge in [-0.1, -0.05) is 0 Å². The number of H-pyrrole nitrogens is 1. The number of anilines is 1. The molecule has 14 nitrogen and oxygen atoms in total. The number of nitrogens with two attached hydrogens (primary N) is 1. The molecule has 2 saturated heterocycles. The Kier molecular flexibility index (Phi) is 8.66. The molecule has 2 fully saturated rings. The minimum absolute atomic E-state index is 0.111. The van der Waals surface area contributed by atoms with Crippen LogP contribution in [-0.2, 0) is 14.1 Å². The SMILES string of the molecule is Nc1ccn([C@@]2(Br)C[C@H](O)[C@@H](CO)O2)c(=O)n1.O=c1[nH]c(=O)n([C@H]2C[C@H](O)[C@@H](CO)O2)cc1I. The summed E-state index contributed by atoms with van der Waals surface area (Å²) in [6, 6.07) is 1.45. The van der Waals surface area contributed by atoms with E-state index in [-0.39, 0.29) is 31.9 Å². The van der Waals surface area contributed by atoms with Crippen molar-refractivity contribution in [3.05, 3.63) is 53.4 Å². The van der Waals surface area contributed by atoms with E-state index in [1.165, 1.54) is 27.6 Å².